The second-order valence-electron chi connectivity index (χ2n) is 7.02. The van der Waals surface area contributed by atoms with Gasteiger partial charge in [0.05, 0.1) is 11.1 Å². The largest absolute Gasteiger partial charge is 0.490 e. The second kappa shape index (κ2) is 5.87. The summed E-state index contributed by atoms with van der Waals surface area (Å²) in [6.45, 7) is 6.66. The maximum Gasteiger partial charge on any atom is 0.236 e. The molecule has 1 fully saturated rings. The maximum atomic E-state index is 12.6. The van der Waals surface area contributed by atoms with Crippen molar-refractivity contribution in [1.29, 1.82) is 0 Å². The Morgan fingerprint density at radius 2 is 2.13 bits per heavy atom. The average Bonchev–Trinajstić information content (AvgIpc) is 2.53. The molecule has 0 spiro atoms. The van der Waals surface area contributed by atoms with Crippen molar-refractivity contribution in [3.8, 4) is 5.75 Å². The van der Waals surface area contributed by atoms with Crippen LogP contribution >= 0.6 is 0 Å². The number of benzene rings is 1. The summed E-state index contributed by atoms with van der Waals surface area (Å²) in [5.74, 6) is 0.929. The normalized spacial score (nSPS) is 20.1. The van der Waals surface area contributed by atoms with E-state index in [4.69, 9.17) is 4.74 Å². The van der Waals surface area contributed by atoms with Crippen molar-refractivity contribution >= 4 is 23.2 Å². The molecule has 23 heavy (non-hydrogen) atoms. The zero-order valence-electron chi connectivity index (χ0n) is 14.0. The lowest BCUT2D eigenvalue weighted by Crippen LogP contribution is -2.42. The molecule has 0 radical (unpaired) electrons. The Hall–Kier alpha value is -2.04. The van der Waals surface area contributed by atoms with Crippen LogP contribution in [-0.2, 0) is 9.59 Å². The van der Waals surface area contributed by atoms with Gasteiger partial charge in [0, 0.05) is 24.2 Å². The third kappa shape index (κ3) is 2.92. The van der Waals surface area contributed by atoms with Crippen LogP contribution in [0.1, 0.15) is 40.0 Å². The number of nitrogens with zero attached hydrogens (tertiary/aromatic N) is 1. The number of rotatable bonds is 3. The first kappa shape index (κ1) is 15.8. The predicted octanol–water partition coefficient (Wildman–Crippen LogP) is 3.20. The first-order valence-corrected chi connectivity index (χ1v) is 8.32. The number of carbonyl (C=O) groups excluding carboxylic acids is 2. The molecule has 0 saturated heterocycles. The van der Waals surface area contributed by atoms with Crippen molar-refractivity contribution in [2.24, 2.45) is 11.3 Å². The van der Waals surface area contributed by atoms with Crippen LogP contribution in [0.15, 0.2) is 18.2 Å². The van der Waals surface area contributed by atoms with E-state index in [1.807, 2.05) is 39.0 Å². The third-order valence-corrected chi connectivity index (χ3v) is 4.72. The van der Waals surface area contributed by atoms with Crippen LogP contribution in [0.3, 0.4) is 0 Å². The van der Waals surface area contributed by atoms with Crippen LogP contribution < -0.4 is 15.0 Å². The van der Waals surface area contributed by atoms with E-state index in [0.29, 0.717) is 18.9 Å². The number of fused-ring (bicyclic) bond motifs is 1. The van der Waals surface area contributed by atoms with E-state index >= 15 is 0 Å². The van der Waals surface area contributed by atoms with Crippen LogP contribution in [0.5, 0.6) is 5.75 Å². The van der Waals surface area contributed by atoms with Crippen molar-refractivity contribution in [3.05, 3.63) is 18.2 Å². The Bertz CT molecular complexity index is 635. The molecule has 1 heterocycles. The van der Waals surface area contributed by atoms with Gasteiger partial charge in [-0.2, -0.15) is 0 Å². The lowest BCUT2D eigenvalue weighted by molar-refractivity contribution is -0.127. The highest BCUT2D eigenvalue weighted by Crippen LogP contribution is 2.38. The van der Waals surface area contributed by atoms with Crippen LogP contribution in [0.2, 0.25) is 0 Å². The summed E-state index contributed by atoms with van der Waals surface area (Å²) in [4.78, 5) is 26.5. The first-order valence-electron chi connectivity index (χ1n) is 8.32. The van der Waals surface area contributed by atoms with Crippen molar-refractivity contribution in [2.45, 2.75) is 40.0 Å². The molecular weight excluding hydrogens is 292 g/mol. The van der Waals surface area contributed by atoms with Gasteiger partial charge in [0.15, 0.2) is 0 Å². The molecule has 1 saturated carbocycles. The molecule has 124 valence electrons. The summed E-state index contributed by atoms with van der Waals surface area (Å²) in [6.07, 6.45) is 3.08. The highest BCUT2D eigenvalue weighted by Gasteiger charge is 2.37. The van der Waals surface area contributed by atoms with Gasteiger partial charge in [-0.3, -0.25) is 9.59 Å². The molecule has 0 unspecified atom stereocenters. The van der Waals surface area contributed by atoms with Crippen LogP contribution in [-0.4, -0.2) is 25.0 Å². The smallest absolute Gasteiger partial charge is 0.236 e. The number of anilines is 2. The molecule has 2 aliphatic rings. The van der Waals surface area contributed by atoms with Gasteiger partial charge >= 0.3 is 0 Å². The van der Waals surface area contributed by atoms with Crippen LogP contribution in [0, 0.1) is 11.3 Å². The number of amides is 2. The van der Waals surface area contributed by atoms with Gasteiger partial charge < -0.3 is 15.0 Å². The Kier molecular flexibility index (Phi) is 4.04. The molecule has 1 N–H and O–H groups in total. The zero-order chi connectivity index (χ0) is 16.6. The van der Waals surface area contributed by atoms with E-state index in [0.717, 1.165) is 30.6 Å². The van der Waals surface area contributed by atoms with Crippen LogP contribution in [0.4, 0.5) is 11.4 Å². The lowest BCUT2D eigenvalue weighted by Gasteiger charge is -2.27. The first-order chi connectivity index (χ1) is 10.9. The Morgan fingerprint density at radius 3 is 2.74 bits per heavy atom. The lowest BCUT2D eigenvalue weighted by atomic mass is 9.85. The number of ether oxygens (including phenoxy) is 1. The van der Waals surface area contributed by atoms with E-state index in [1.165, 1.54) is 0 Å². The fourth-order valence-electron chi connectivity index (χ4n) is 2.95. The Morgan fingerprint density at radius 1 is 1.39 bits per heavy atom. The van der Waals surface area contributed by atoms with E-state index in [1.54, 1.807) is 4.90 Å². The molecular formula is C18H24N2O3. The zero-order valence-corrected chi connectivity index (χ0v) is 14.0. The summed E-state index contributed by atoms with van der Waals surface area (Å²) < 4.78 is 5.88. The highest BCUT2D eigenvalue weighted by molar-refractivity contribution is 6.00. The molecule has 3 rings (SSSR count). The van der Waals surface area contributed by atoms with E-state index < -0.39 is 5.41 Å². The van der Waals surface area contributed by atoms with E-state index in [9.17, 15) is 9.59 Å². The Labute approximate surface area is 137 Å². The Balaban J connectivity index is 1.86. The van der Waals surface area contributed by atoms with Gasteiger partial charge in [-0.25, -0.2) is 0 Å². The fourth-order valence-corrected chi connectivity index (χ4v) is 2.95. The predicted molar refractivity (Wildman–Crippen MR) is 89.7 cm³/mol. The molecule has 1 aromatic carbocycles. The number of hydrogen-bond acceptors (Lipinski definition) is 3. The van der Waals surface area contributed by atoms with Gasteiger partial charge in [0.1, 0.15) is 12.4 Å². The quantitative estimate of drug-likeness (QED) is 0.931. The molecule has 5 heteroatoms. The van der Waals surface area contributed by atoms with E-state index in [-0.39, 0.29) is 17.7 Å². The summed E-state index contributed by atoms with van der Waals surface area (Å²) in [6, 6.07) is 5.52. The summed E-state index contributed by atoms with van der Waals surface area (Å²) in [5.41, 5.74) is 0.929. The van der Waals surface area contributed by atoms with Crippen LogP contribution in [0.25, 0.3) is 0 Å². The number of nitrogens with one attached hydrogen (secondary N) is 1. The van der Waals surface area contributed by atoms with Gasteiger partial charge in [0.25, 0.3) is 0 Å². The minimum absolute atomic E-state index is 0.0602. The van der Waals surface area contributed by atoms with Gasteiger partial charge in [-0.15, -0.1) is 0 Å². The van der Waals surface area contributed by atoms with Crippen molar-refractivity contribution in [3.63, 3.8) is 0 Å². The number of carbonyl (C=O) groups is 2. The third-order valence-electron chi connectivity index (χ3n) is 4.72. The highest BCUT2D eigenvalue weighted by atomic mass is 16.5. The number of hydrogen-bond donors (Lipinski definition) is 1. The molecule has 1 aliphatic carbocycles. The molecule has 5 nitrogen and oxygen atoms in total. The summed E-state index contributed by atoms with van der Waals surface area (Å²) in [7, 11) is 0. The molecule has 0 aromatic heterocycles. The standard InChI is InChI=1S/C18H24N2O3/c1-4-20-14-9-8-13(19-16(21)12-6-5-7-12)10-15(14)23-11-18(2,3)17(20)22/h8-10,12H,4-7,11H2,1-3H3,(H,19,21). The minimum atomic E-state index is -0.565. The van der Waals surface area contributed by atoms with Crippen molar-refractivity contribution in [2.75, 3.05) is 23.4 Å². The van der Waals surface area contributed by atoms with E-state index in [2.05, 4.69) is 5.32 Å². The van der Waals surface area contributed by atoms with Gasteiger partial charge in [-0.05, 0) is 45.7 Å². The maximum absolute atomic E-state index is 12.6. The molecule has 0 bridgehead atoms. The van der Waals surface area contributed by atoms with Gasteiger partial charge in [-0.1, -0.05) is 6.42 Å². The molecule has 1 aliphatic heterocycles. The van der Waals surface area contributed by atoms with Gasteiger partial charge in [0.2, 0.25) is 11.8 Å². The fraction of sp³-hybridized carbons (Fsp3) is 0.556. The summed E-state index contributed by atoms with van der Waals surface area (Å²) in [5, 5.41) is 2.96. The van der Waals surface area contributed by atoms with Crippen molar-refractivity contribution in [1.82, 2.24) is 0 Å². The monoisotopic (exact) mass is 316 g/mol. The molecule has 0 atom stereocenters. The second-order valence-corrected chi connectivity index (χ2v) is 7.02. The molecule has 1 aromatic rings. The average molecular weight is 316 g/mol. The van der Waals surface area contributed by atoms with Crippen molar-refractivity contribution < 1.29 is 14.3 Å². The summed E-state index contributed by atoms with van der Waals surface area (Å²) >= 11 is 0. The topological polar surface area (TPSA) is 58.6 Å². The molecule has 2 amide bonds. The minimum Gasteiger partial charge on any atom is -0.490 e. The SMILES string of the molecule is CCN1C(=O)C(C)(C)COc2cc(NC(=O)C3CCC3)ccc21.